The Hall–Kier alpha value is -4.22. The number of hydrazine groups is 2. The molecule has 1 aliphatic rings. The first-order chi connectivity index (χ1) is 19.0. The summed E-state index contributed by atoms with van der Waals surface area (Å²) in [5.41, 5.74) is 14.8. The highest BCUT2D eigenvalue weighted by molar-refractivity contribution is 6.13. The summed E-state index contributed by atoms with van der Waals surface area (Å²) in [7, 11) is 0. The SMILES string of the molecule is CC1(C)c2ccccc2-c2ccc3c4ccccc4n(-c4cccc(CNN(N)Cc5ccccc5)c4)c3c21. The number of benzene rings is 5. The van der Waals surface area contributed by atoms with Crippen molar-refractivity contribution in [2.75, 3.05) is 0 Å². The molecule has 1 heterocycles. The highest BCUT2D eigenvalue weighted by Gasteiger charge is 2.38. The lowest BCUT2D eigenvalue weighted by Gasteiger charge is -2.24. The largest absolute Gasteiger partial charge is 0.309 e. The van der Waals surface area contributed by atoms with E-state index in [1.165, 1.54) is 55.2 Å². The van der Waals surface area contributed by atoms with Gasteiger partial charge in [-0.3, -0.25) is 5.84 Å². The highest BCUT2D eigenvalue weighted by atomic mass is 15.7. The summed E-state index contributed by atoms with van der Waals surface area (Å²) >= 11 is 0. The molecule has 4 nitrogen and oxygen atoms in total. The van der Waals surface area contributed by atoms with Gasteiger partial charge >= 0.3 is 0 Å². The molecule has 192 valence electrons. The monoisotopic (exact) mass is 508 g/mol. The fourth-order valence-electron chi connectivity index (χ4n) is 6.41. The summed E-state index contributed by atoms with van der Waals surface area (Å²) in [5, 5.41) is 4.24. The minimum absolute atomic E-state index is 0.103. The van der Waals surface area contributed by atoms with Crippen LogP contribution < -0.4 is 11.3 Å². The fourth-order valence-corrected chi connectivity index (χ4v) is 6.41. The van der Waals surface area contributed by atoms with Gasteiger partial charge in [-0.15, -0.1) is 0 Å². The van der Waals surface area contributed by atoms with Crippen molar-refractivity contribution in [3.63, 3.8) is 0 Å². The zero-order chi connectivity index (χ0) is 26.6. The number of nitrogens with zero attached hydrogens (tertiary/aromatic N) is 2. The number of hydrogen-bond acceptors (Lipinski definition) is 3. The van der Waals surface area contributed by atoms with Crippen LogP contribution in [0.25, 0.3) is 38.6 Å². The molecule has 4 heteroatoms. The second-order valence-electron chi connectivity index (χ2n) is 11.0. The van der Waals surface area contributed by atoms with E-state index in [1.54, 1.807) is 5.12 Å². The number of hydrogen-bond donors (Lipinski definition) is 2. The Morgan fingerprint density at radius 1 is 0.718 bits per heavy atom. The van der Waals surface area contributed by atoms with Gasteiger partial charge in [-0.05, 0) is 51.6 Å². The van der Waals surface area contributed by atoms with Gasteiger partial charge in [0.25, 0.3) is 0 Å². The van der Waals surface area contributed by atoms with E-state index in [0.717, 1.165) is 5.69 Å². The lowest BCUT2D eigenvalue weighted by atomic mass is 9.81. The van der Waals surface area contributed by atoms with E-state index in [-0.39, 0.29) is 5.41 Å². The summed E-state index contributed by atoms with van der Waals surface area (Å²) in [6, 6.07) is 41.3. The normalized spacial score (nSPS) is 13.7. The third-order valence-electron chi connectivity index (χ3n) is 8.20. The Morgan fingerprint density at radius 3 is 2.33 bits per heavy atom. The number of para-hydroxylation sites is 1. The van der Waals surface area contributed by atoms with E-state index in [2.05, 4.69) is 121 Å². The van der Waals surface area contributed by atoms with Crippen LogP contribution in [0.4, 0.5) is 0 Å². The van der Waals surface area contributed by atoms with Crippen molar-refractivity contribution in [2.45, 2.75) is 32.4 Å². The standard InChI is InChI=1S/C35H32N4/c1-35(2)31-17-8-6-15-27(31)29-19-20-30-28-16-7-9-18-32(28)39(34(30)33(29)35)26-14-10-13-25(21-26)22-37-38(36)23-24-11-4-3-5-12-24/h3-21,37H,22-23,36H2,1-2H3. The van der Waals surface area contributed by atoms with Gasteiger partial charge < -0.3 is 4.57 Å². The number of nitrogens with one attached hydrogen (secondary N) is 1. The summed E-state index contributed by atoms with van der Waals surface area (Å²) in [6.07, 6.45) is 0. The predicted molar refractivity (Wildman–Crippen MR) is 161 cm³/mol. The van der Waals surface area contributed by atoms with Crippen LogP contribution in [0.1, 0.15) is 36.1 Å². The van der Waals surface area contributed by atoms with Crippen molar-refractivity contribution in [1.29, 1.82) is 0 Å². The quantitative estimate of drug-likeness (QED) is 0.181. The molecular formula is C35H32N4. The van der Waals surface area contributed by atoms with Crippen LogP contribution in [0.3, 0.4) is 0 Å². The molecule has 5 aromatic carbocycles. The minimum Gasteiger partial charge on any atom is -0.309 e. The summed E-state index contributed by atoms with van der Waals surface area (Å²) in [4.78, 5) is 0. The van der Waals surface area contributed by atoms with Crippen LogP contribution in [0.15, 0.2) is 115 Å². The van der Waals surface area contributed by atoms with E-state index in [1.807, 2.05) is 18.2 Å². The van der Waals surface area contributed by atoms with Crippen molar-refractivity contribution in [3.05, 3.63) is 138 Å². The average molecular weight is 509 g/mol. The van der Waals surface area contributed by atoms with Crippen LogP contribution in [0.5, 0.6) is 0 Å². The maximum Gasteiger partial charge on any atom is 0.0588 e. The van der Waals surface area contributed by atoms with Crippen molar-refractivity contribution in [2.24, 2.45) is 5.84 Å². The molecule has 0 atom stereocenters. The van der Waals surface area contributed by atoms with Gasteiger partial charge in [-0.25, -0.2) is 5.43 Å². The average Bonchev–Trinajstić information content (AvgIpc) is 3.42. The van der Waals surface area contributed by atoms with Crippen LogP contribution in [0.2, 0.25) is 0 Å². The van der Waals surface area contributed by atoms with E-state index >= 15 is 0 Å². The van der Waals surface area contributed by atoms with E-state index < -0.39 is 0 Å². The van der Waals surface area contributed by atoms with Gasteiger partial charge in [0.15, 0.2) is 0 Å². The first-order valence-corrected chi connectivity index (χ1v) is 13.6. The van der Waals surface area contributed by atoms with E-state index in [0.29, 0.717) is 13.1 Å². The molecule has 3 N–H and O–H groups in total. The van der Waals surface area contributed by atoms with Crippen molar-refractivity contribution < 1.29 is 0 Å². The van der Waals surface area contributed by atoms with Gasteiger partial charge in [0.2, 0.25) is 0 Å². The van der Waals surface area contributed by atoms with E-state index in [9.17, 15) is 0 Å². The molecule has 0 bridgehead atoms. The Morgan fingerprint density at radius 2 is 1.46 bits per heavy atom. The summed E-state index contributed by atoms with van der Waals surface area (Å²) in [6.45, 7) is 6.00. The third-order valence-corrected chi connectivity index (χ3v) is 8.20. The lowest BCUT2D eigenvalue weighted by molar-refractivity contribution is 0.178. The zero-order valence-corrected chi connectivity index (χ0v) is 22.4. The summed E-state index contributed by atoms with van der Waals surface area (Å²) in [5.74, 6) is 6.29. The van der Waals surface area contributed by atoms with Gasteiger partial charge in [-0.1, -0.05) is 111 Å². The molecule has 0 saturated carbocycles. The first kappa shape index (κ1) is 23.9. The van der Waals surface area contributed by atoms with E-state index in [4.69, 9.17) is 5.84 Å². The second kappa shape index (κ2) is 9.21. The van der Waals surface area contributed by atoms with Crippen molar-refractivity contribution >= 4 is 21.8 Å². The van der Waals surface area contributed by atoms with Gasteiger partial charge in [-0.2, -0.15) is 5.12 Å². The molecule has 0 radical (unpaired) electrons. The Bertz CT molecular complexity index is 1830. The Kier molecular flexibility index (Phi) is 5.64. The van der Waals surface area contributed by atoms with Gasteiger partial charge in [0.05, 0.1) is 17.6 Å². The van der Waals surface area contributed by atoms with Crippen LogP contribution in [-0.4, -0.2) is 9.69 Å². The maximum absolute atomic E-state index is 6.29. The molecule has 1 aromatic heterocycles. The molecule has 0 aliphatic heterocycles. The number of rotatable bonds is 6. The van der Waals surface area contributed by atoms with Crippen LogP contribution >= 0.6 is 0 Å². The Labute approximate surface area is 229 Å². The molecule has 39 heavy (non-hydrogen) atoms. The van der Waals surface area contributed by atoms with Crippen LogP contribution in [-0.2, 0) is 18.5 Å². The van der Waals surface area contributed by atoms with Crippen molar-refractivity contribution in [1.82, 2.24) is 15.1 Å². The Balaban J connectivity index is 1.34. The molecule has 6 aromatic rings. The molecular weight excluding hydrogens is 476 g/mol. The molecule has 0 amide bonds. The highest BCUT2D eigenvalue weighted by Crippen LogP contribution is 2.52. The number of fused-ring (bicyclic) bond motifs is 7. The minimum atomic E-state index is -0.103. The molecule has 1 aliphatic carbocycles. The molecule has 0 unspecified atom stereocenters. The molecule has 0 saturated heterocycles. The number of aromatic nitrogens is 1. The zero-order valence-electron chi connectivity index (χ0n) is 22.4. The topological polar surface area (TPSA) is 46.2 Å². The van der Waals surface area contributed by atoms with Crippen molar-refractivity contribution in [3.8, 4) is 16.8 Å². The summed E-state index contributed by atoms with van der Waals surface area (Å²) < 4.78 is 2.46. The van der Waals surface area contributed by atoms with Crippen LogP contribution in [0, 0.1) is 0 Å². The maximum atomic E-state index is 6.29. The van der Waals surface area contributed by atoms with Gasteiger partial charge in [0, 0.05) is 28.4 Å². The molecule has 7 rings (SSSR count). The molecule has 0 fully saturated rings. The number of nitrogens with two attached hydrogens (primary N) is 1. The first-order valence-electron chi connectivity index (χ1n) is 13.6. The predicted octanol–water partition coefficient (Wildman–Crippen LogP) is 7.47. The fraction of sp³-hybridized carbons (Fsp3) is 0.143. The molecule has 0 spiro atoms. The smallest absolute Gasteiger partial charge is 0.0588 e. The third kappa shape index (κ3) is 3.88. The lowest BCUT2D eigenvalue weighted by Crippen LogP contribution is -2.42. The second-order valence-corrected chi connectivity index (χ2v) is 11.0. The van der Waals surface area contributed by atoms with Gasteiger partial charge in [0.1, 0.15) is 0 Å².